The van der Waals surface area contributed by atoms with Gasteiger partial charge < -0.3 is 9.84 Å². The van der Waals surface area contributed by atoms with Crippen molar-refractivity contribution >= 4 is 11.6 Å². The molecule has 27 heavy (non-hydrogen) atoms. The summed E-state index contributed by atoms with van der Waals surface area (Å²) in [5.41, 5.74) is 1.76. The van der Waals surface area contributed by atoms with Gasteiger partial charge in [0, 0.05) is 30.7 Å². The Morgan fingerprint density at radius 3 is 2.93 bits per heavy atom. The number of imidazole rings is 1. The molecule has 0 bridgehead atoms. The highest BCUT2D eigenvalue weighted by Crippen LogP contribution is 2.38. The van der Waals surface area contributed by atoms with Crippen LogP contribution in [0.2, 0.25) is 0 Å². The monoisotopic (exact) mass is 361 g/mol. The van der Waals surface area contributed by atoms with Gasteiger partial charge in [-0.25, -0.2) is 15.0 Å². The Balaban J connectivity index is 1.34. The number of anilines is 1. The number of aromatic nitrogens is 6. The molecule has 1 N–H and O–H groups in total. The average molecular weight is 361 g/mol. The van der Waals surface area contributed by atoms with E-state index in [1.54, 1.807) is 12.4 Å². The molecule has 1 saturated carbocycles. The fourth-order valence-electron chi connectivity index (χ4n) is 3.05. The van der Waals surface area contributed by atoms with E-state index < -0.39 is 0 Å². The van der Waals surface area contributed by atoms with Gasteiger partial charge in [-0.2, -0.15) is 4.98 Å². The lowest BCUT2D eigenvalue weighted by molar-refractivity contribution is 0.422. The maximum absolute atomic E-state index is 5.36. The quantitative estimate of drug-likeness (QED) is 0.560. The molecule has 0 saturated heterocycles. The third kappa shape index (κ3) is 3.14. The van der Waals surface area contributed by atoms with Crippen LogP contribution in [0, 0.1) is 0 Å². The Bertz CT molecular complexity index is 1030. The predicted molar refractivity (Wildman–Crippen MR) is 99.1 cm³/mol. The number of fused-ring (bicyclic) bond motifs is 1. The van der Waals surface area contributed by atoms with E-state index in [1.807, 2.05) is 35.0 Å². The molecule has 0 radical (unpaired) electrons. The molecule has 0 aliphatic heterocycles. The van der Waals surface area contributed by atoms with Crippen molar-refractivity contribution in [2.75, 3.05) is 5.32 Å². The molecular formula is C19H19N7O. The van der Waals surface area contributed by atoms with Crippen LogP contribution >= 0.6 is 0 Å². The summed E-state index contributed by atoms with van der Waals surface area (Å²) < 4.78 is 7.28. The summed E-state index contributed by atoms with van der Waals surface area (Å²) in [6, 6.07) is 5.80. The van der Waals surface area contributed by atoms with Crippen LogP contribution in [0.15, 0.2) is 47.5 Å². The van der Waals surface area contributed by atoms with Gasteiger partial charge in [-0.1, -0.05) is 12.1 Å². The first kappa shape index (κ1) is 15.9. The van der Waals surface area contributed by atoms with Crippen molar-refractivity contribution < 1.29 is 4.52 Å². The molecule has 0 aromatic carbocycles. The largest absolute Gasteiger partial charge is 0.362 e. The number of nitrogens with one attached hydrogen (secondary N) is 1. The summed E-state index contributed by atoms with van der Waals surface area (Å²) in [6.45, 7) is 2.11. The topological polar surface area (TPSA) is 94.0 Å². The Hall–Kier alpha value is -3.29. The SMILES string of the molecule is CCC(Nc1ccc(-c2nc(C3CC3)no2)cn1)c1cn2cccnc2n1. The summed E-state index contributed by atoms with van der Waals surface area (Å²) in [6.07, 6.45) is 10.6. The Labute approximate surface area is 155 Å². The summed E-state index contributed by atoms with van der Waals surface area (Å²) in [5.74, 6) is 3.27. The molecule has 1 aliphatic carbocycles. The zero-order valence-corrected chi connectivity index (χ0v) is 14.9. The van der Waals surface area contributed by atoms with Crippen molar-refractivity contribution in [1.29, 1.82) is 0 Å². The first-order valence-corrected chi connectivity index (χ1v) is 9.16. The Morgan fingerprint density at radius 2 is 2.19 bits per heavy atom. The fraction of sp³-hybridized carbons (Fsp3) is 0.316. The molecule has 1 atom stereocenters. The highest BCUT2D eigenvalue weighted by Gasteiger charge is 2.29. The molecule has 1 fully saturated rings. The average Bonchev–Trinajstić information content (AvgIpc) is 3.28. The number of hydrogen-bond acceptors (Lipinski definition) is 7. The van der Waals surface area contributed by atoms with Gasteiger partial charge in [-0.3, -0.25) is 4.40 Å². The summed E-state index contributed by atoms with van der Waals surface area (Å²) in [5, 5.41) is 7.49. The van der Waals surface area contributed by atoms with Crippen molar-refractivity contribution in [3.05, 3.63) is 54.5 Å². The van der Waals surface area contributed by atoms with Crippen molar-refractivity contribution in [3.63, 3.8) is 0 Å². The summed E-state index contributed by atoms with van der Waals surface area (Å²) >= 11 is 0. The Morgan fingerprint density at radius 1 is 1.26 bits per heavy atom. The van der Waals surface area contributed by atoms with Gasteiger partial charge in [0.25, 0.3) is 5.89 Å². The minimum atomic E-state index is 0.0509. The van der Waals surface area contributed by atoms with E-state index in [1.165, 1.54) is 0 Å². The van der Waals surface area contributed by atoms with E-state index in [4.69, 9.17) is 4.52 Å². The Kier molecular flexibility index (Phi) is 3.81. The van der Waals surface area contributed by atoms with Crippen LogP contribution in [0.5, 0.6) is 0 Å². The van der Waals surface area contributed by atoms with Gasteiger partial charge in [0.05, 0.1) is 17.3 Å². The fourth-order valence-corrected chi connectivity index (χ4v) is 3.05. The van der Waals surface area contributed by atoms with Crippen LogP contribution in [0.25, 0.3) is 17.2 Å². The van der Waals surface area contributed by atoms with Crippen LogP contribution in [-0.4, -0.2) is 29.5 Å². The molecule has 0 spiro atoms. The van der Waals surface area contributed by atoms with E-state index in [0.29, 0.717) is 17.6 Å². The van der Waals surface area contributed by atoms with Crippen LogP contribution < -0.4 is 5.32 Å². The van der Waals surface area contributed by atoms with Crippen LogP contribution in [-0.2, 0) is 0 Å². The lowest BCUT2D eigenvalue weighted by Gasteiger charge is -2.15. The smallest absolute Gasteiger partial charge is 0.259 e. The van der Waals surface area contributed by atoms with Crippen molar-refractivity contribution in [1.82, 2.24) is 29.5 Å². The molecule has 0 amide bonds. The van der Waals surface area contributed by atoms with Gasteiger partial charge in [-0.15, -0.1) is 0 Å². The van der Waals surface area contributed by atoms with E-state index in [2.05, 4.69) is 37.3 Å². The molecule has 4 aromatic rings. The summed E-state index contributed by atoms with van der Waals surface area (Å²) in [7, 11) is 0. The lowest BCUT2D eigenvalue weighted by atomic mass is 10.1. The molecule has 4 heterocycles. The van der Waals surface area contributed by atoms with Gasteiger partial charge in [0.1, 0.15) is 5.82 Å². The highest BCUT2D eigenvalue weighted by atomic mass is 16.5. The molecule has 8 nitrogen and oxygen atoms in total. The standard InChI is InChI=1S/C19H19N7O/c1-2-14(15-11-26-9-3-8-20-19(26)23-15)22-16-7-6-13(10-21-16)18-24-17(25-27-18)12-4-5-12/h3,6-12,14H,2,4-5H2,1H3,(H,21,22). The van der Waals surface area contributed by atoms with E-state index in [-0.39, 0.29) is 6.04 Å². The van der Waals surface area contributed by atoms with Crippen molar-refractivity contribution in [3.8, 4) is 11.5 Å². The lowest BCUT2D eigenvalue weighted by Crippen LogP contribution is -2.11. The van der Waals surface area contributed by atoms with E-state index >= 15 is 0 Å². The molecule has 5 rings (SSSR count). The zero-order valence-electron chi connectivity index (χ0n) is 14.9. The minimum absolute atomic E-state index is 0.0509. The van der Waals surface area contributed by atoms with Gasteiger partial charge in [0.15, 0.2) is 5.82 Å². The molecule has 8 heteroatoms. The van der Waals surface area contributed by atoms with Crippen molar-refractivity contribution in [2.45, 2.75) is 38.1 Å². The van der Waals surface area contributed by atoms with E-state index in [9.17, 15) is 0 Å². The molecule has 1 aliphatic rings. The van der Waals surface area contributed by atoms with Gasteiger partial charge >= 0.3 is 0 Å². The normalized spacial score (nSPS) is 15.1. The minimum Gasteiger partial charge on any atom is -0.362 e. The first-order chi connectivity index (χ1) is 13.3. The number of nitrogens with zero attached hydrogens (tertiary/aromatic N) is 6. The molecule has 136 valence electrons. The third-order valence-electron chi connectivity index (χ3n) is 4.74. The van der Waals surface area contributed by atoms with Crippen LogP contribution in [0.4, 0.5) is 5.82 Å². The molecule has 1 unspecified atom stereocenters. The predicted octanol–water partition coefficient (Wildman–Crippen LogP) is 3.61. The third-order valence-corrected chi connectivity index (χ3v) is 4.74. The van der Waals surface area contributed by atoms with Gasteiger partial charge in [-0.05, 0) is 37.5 Å². The van der Waals surface area contributed by atoms with Crippen LogP contribution in [0.3, 0.4) is 0 Å². The number of pyridine rings is 1. The molecule has 4 aromatic heterocycles. The van der Waals surface area contributed by atoms with Crippen LogP contribution in [0.1, 0.15) is 49.7 Å². The second-order valence-electron chi connectivity index (χ2n) is 6.76. The summed E-state index contributed by atoms with van der Waals surface area (Å²) in [4.78, 5) is 17.8. The highest BCUT2D eigenvalue weighted by molar-refractivity contribution is 5.54. The number of rotatable bonds is 6. The maximum atomic E-state index is 5.36. The van der Waals surface area contributed by atoms with Gasteiger partial charge in [0.2, 0.25) is 5.78 Å². The van der Waals surface area contributed by atoms with Crippen molar-refractivity contribution in [2.24, 2.45) is 0 Å². The first-order valence-electron chi connectivity index (χ1n) is 9.16. The van der Waals surface area contributed by atoms with E-state index in [0.717, 1.165) is 42.2 Å². The zero-order chi connectivity index (χ0) is 18.2. The maximum Gasteiger partial charge on any atom is 0.259 e. The second kappa shape index (κ2) is 6.46. The second-order valence-corrected chi connectivity index (χ2v) is 6.76. The molecular weight excluding hydrogens is 342 g/mol. The number of hydrogen-bond donors (Lipinski definition) is 1.